The lowest BCUT2D eigenvalue weighted by atomic mass is 10.1. The van der Waals surface area contributed by atoms with E-state index < -0.39 is 6.10 Å². The molecule has 0 spiro atoms. The van der Waals surface area contributed by atoms with E-state index >= 15 is 0 Å². The highest BCUT2D eigenvalue weighted by molar-refractivity contribution is 5.54. The molecule has 0 aliphatic rings. The van der Waals surface area contributed by atoms with Crippen molar-refractivity contribution in [3.63, 3.8) is 0 Å². The molecule has 0 aliphatic carbocycles. The molecular formula is C15H21N3O2. The number of hydrogen-bond acceptors (Lipinski definition) is 5. The maximum Gasteiger partial charge on any atom is 0.256 e. The molecule has 2 aromatic rings. The van der Waals surface area contributed by atoms with Gasteiger partial charge in [-0.2, -0.15) is 4.98 Å². The van der Waals surface area contributed by atoms with E-state index in [0.717, 1.165) is 12.1 Å². The van der Waals surface area contributed by atoms with E-state index in [2.05, 4.69) is 15.0 Å². The first kappa shape index (κ1) is 14.7. The first-order chi connectivity index (χ1) is 9.47. The third kappa shape index (κ3) is 3.43. The van der Waals surface area contributed by atoms with Crippen molar-refractivity contribution in [1.29, 1.82) is 0 Å². The Morgan fingerprint density at radius 1 is 1.20 bits per heavy atom. The van der Waals surface area contributed by atoms with Crippen LogP contribution in [0.4, 0.5) is 0 Å². The van der Waals surface area contributed by atoms with Crippen LogP contribution in [0.25, 0.3) is 11.4 Å². The summed E-state index contributed by atoms with van der Waals surface area (Å²) in [6.45, 7) is 4.71. The van der Waals surface area contributed by atoms with E-state index in [4.69, 9.17) is 4.52 Å². The van der Waals surface area contributed by atoms with Gasteiger partial charge in [0.25, 0.3) is 5.89 Å². The Morgan fingerprint density at radius 2 is 1.85 bits per heavy atom. The zero-order chi connectivity index (χ0) is 14.7. The number of rotatable bonds is 5. The summed E-state index contributed by atoms with van der Waals surface area (Å²) in [5.41, 5.74) is 2.11. The average molecular weight is 275 g/mol. The van der Waals surface area contributed by atoms with Crippen LogP contribution >= 0.6 is 0 Å². The lowest BCUT2D eigenvalue weighted by Crippen LogP contribution is -2.10. The second kappa shape index (κ2) is 6.15. The van der Waals surface area contributed by atoms with Gasteiger partial charge < -0.3 is 14.5 Å². The normalized spacial score (nSPS) is 13.2. The van der Waals surface area contributed by atoms with Crippen LogP contribution in [-0.2, 0) is 6.54 Å². The molecule has 5 heteroatoms. The van der Waals surface area contributed by atoms with Crippen LogP contribution in [0, 0.1) is 5.92 Å². The van der Waals surface area contributed by atoms with Crippen LogP contribution in [0.2, 0.25) is 0 Å². The van der Waals surface area contributed by atoms with Crippen molar-refractivity contribution in [2.75, 3.05) is 14.1 Å². The van der Waals surface area contributed by atoms with Crippen LogP contribution in [-0.4, -0.2) is 34.2 Å². The molecule has 0 saturated heterocycles. The fraction of sp³-hybridized carbons (Fsp3) is 0.467. The number of nitrogens with zero attached hydrogens (tertiary/aromatic N) is 3. The monoisotopic (exact) mass is 275 g/mol. The molecular weight excluding hydrogens is 254 g/mol. The number of benzene rings is 1. The van der Waals surface area contributed by atoms with Crippen molar-refractivity contribution in [2.45, 2.75) is 26.5 Å². The Hall–Kier alpha value is -1.72. The SMILES string of the molecule is CC(C)[C@H](O)c1nc(-c2ccc(CN(C)C)cc2)no1. The lowest BCUT2D eigenvalue weighted by Gasteiger charge is -2.09. The molecule has 1 heterocycles. The standard InChI is InChI=1S/C15H21N3O2/c1-10(2)13(19)15-16-14(17-20-15)12-7-5-11(6-8-12)9-18(3)4/h5-8,10,13,19H,9H2,1-4H3/t13-/m0/s1. The molecule has 1 aromatic carbocycles. The predicted octanol–water partition coefficient (Wildman–Crippen LogP) is 2.49. The maximum absolute atomic E-state index is 9.90. The van der Waals surface area contributed by atoms with Gasteiger partial charge in [-0.3, -0.25) is 0 Å². The maximum atomic E-state index is 9.90. The summed E-state index contributed by atoms with van der Waals surface area (Å²) in [4.78, 5) is 6.37. The Bertz CT molecular complexity index is 547. The topological polar surface area (TPSA) is 62.4 Å². The number of aliphatic hydroxyl groups excluding tert-OH is 1. The Labute approximate surface area is 119 Å². The second-order valence-electron chi connectivity index (χ2n) is 5.58. The van der Waals surface area contributed by atoms with Gasteiger partial charge in [0.05, 0.1) is 0 Å². The van der Waals surface area contributed by atoms with Gasteiger partial charge in [0.2, 0.25) is 5.82 Å². The number of aromatic nitrogens is 2. The van der Waals surface area contributed by atoms with Crippen molar-refractivity contribution in [2.24, 2.45) is 5.92 Å². The second-order valence-corrected chi connectivity index (χ2v) is 5.58. The Morgan fingerprint density at radius 3 is 2.40 bits per heavy atom. The fourth-order valence-corrected chi connectivity index (χ4v) is 1.88. The summed E-state index contributed by atoms with van der Waals surface area (Å²) >= 11 is 0. The molecule has 0 bridgehead atoms. The van der Waals surface area contributed by atoms with Crippen LogP contribution in [0.1, 0.15) is 31.4 Å². The molecule has 0 radical (unpaired) electrons. The molecule has 108 valence electrons. The van der Waals surface area contributed by atoms with Crippen molar-refractivity contribution < 1.29 is 9.63 Å². The average Bonchev–Trinajstić information content (AvgIpc) is 2.87. The largest absolute Gasteiger partial charge is 0.383 e. The van der Waals surface area contributed by atoms with E-state index in [1.54, 1.807) is 0 Å². The van der Waals surface area contributed by atoms with Crippen molar-refractivity contribution >= 4 is 0 Å². The van der Waals surface area contributed by atoms with Crippen molar-refractivity contribution in [1.82, 2.24) is 15.0 Å². The summed E-state index contributed by atoms with van der Waals surface area (Å²) in [5, 5.41) is 13.8. The first-order valence-corrected chi connectivity index (χ1v) is 6.73. The summed E-state index contributed by atoms with van der Waals surface area (Å²) < 4.78 is 5.12. The van der Waals surface area contributed by atoms with E-state index in [9.17, 15) is 5.11 Å². The van der Waals surface area contributed by atoms with E-state index in [-0.39, 0.29) is 11.8 Å². The Balaban J connectivity index is 2.16. The third-order valence-corrected chi connectivity index (χ3v) is 3.04. The predicted molar refractivity (Wildman–Crippen MR) is 76.9 cm³/mol. The highest BCUT2D eigenvalue weighted by Crippen LogP contribution is 2.23. The molecule has 5 nitrogen and oxygen atoms in total. The molecule has 0 unspecified atom stereocenters. The minimum absolute atomic E-state index is 0.0470. The van der Waals surface area contributed by atoms with Gasteiger partial charge in [-0.15, -0.1) is 0 Å². The molecule has 1 aromatic heterocycles. The molecule has 1 N–H and O–H groups in total. The van der Waals surface area contributed by atoms with Gasteiger partial charge in [-0.05, 0) is 25.6 Å². The zero-order valence-corrected chi connectivity index (χ0v) is 12.4. The third-order valence-electron chi connectivity index (χ3n) is 3.04. The van der Waals surface area contributed by atoms with E-state index in [0.29, 0.717) is 5.82 Å². The van der Waals surface area contributed by atoms with Crippen molar-refractivity contribution in [3.8, 4) is 11.4 Å². The molecule has 20 heavy (non-hydrogen) atoms. The molecule has 0 aliphatic heterocycles. The summed E-state index contributed by atoms with van der Waals surface area (Å²) in [6.07, 6.45) is -0.718. The van der Waals surface area contributed by atoms with Gasteiger partial charge in [0.15, 0.2) is 0 Å². The quantitative estimate of drug-likeness (QED) is 0.908. The highest BCUT2D eigenvalue weighted by Gasteiger charge is 2.19. The van der Waals surface area contributed by atoms with Gasteiger partial charge in [0, 0.05) is 12.1 Å². The minimum Gasteiger partial charge on any atom is -0.383 e. The van der Waals surface area contributed by atoms with E-state index in [1.165, 1.54) is 5.56 Å². The lowest BCUT2D eigenvalue weighted by molar-refractivity contribution is 0.0896. The zero-order valence-electron chi connectivity index (χ0n) is 12.4. The van der Waals surface area contributed by atoms with Gasteiger partial charge >= 0.3 is 0 Å². The van der Waals surface area contributed by atoms with Crippen LogP contribution in [0.3, 0.4) is 0 Å². The summed E-state index contributed by atoms with van der Waals surface area (Å²) in [5.74, 6) is 0.828. The van der Waals surface area contributed by atoms with Crippen LogP contribution < -0.4 is 0 Å². The molecule has 2 rings (SSSR count). The van der Waals surface area contributed by atoms with E-state index in [1.807, 2.05) is 52.2 Å². The molecule has 1 atom stereocenters. The summed E-state index contributed by atoms with van der Waals surface area (Å²) in [7, 11) is 4.07. The first-order valence-electron chi connectivity index (χ1n) is 6.73. The highest BCUT2D eigenvalue weighted by atomic mass is 16.5. The van der Waals surface area contributed by atoms with Gasteiger partial charge in [0.1, 0.15) is 6.10 Å². The number of aliphatic hydroxyl groups is 1. The number of hydrogen-bond donors (Lipinski definition) is 1. The molecule has 0 saturated carbocycles. The fourth-order valence-electron chi connectivity index (χ4n) is 1.88. The minimum atomic E-state index is -0.718. The molecule has 0 amide bonds. The summed E-state index contributed by atoms with van der Waals surface area (Å²) in [6, 6.07) is 8.03. The van der Waals surface area contributed by atoms with Crippen molar-refractivity contribution in [3.05, 3.63) is 35.7 Å². The molecule has 0 fully saturated rings. The van der Waals surface area contributed by atoms with Gasteiger partial charge in [-0.1, -0.05) is 43.3 Å². The van der Waals surface area contributed by atoms with Crippen LogP contribution in [0.15, 0.2) is 28.8 Å². The van der Waals surface area contributed by atoms with Gasteiger partial charge in [-0.25, -0.2) is 0 Å². The smallest absolute Gasteiger partial charge is 0.256 e. The Kier molecular flexibility index (Phi) is 4.52. The van der Waals surface area contributed by atoms with Crippen LogP contribution in [0.5, 0.6) is 0 Å².